The summed E-state index contributed by atoms with van der Waals surface area (Å²) in [4.78, 5) is 17.6. The van der Waals surface area contributed by atoms with E-state index in [0.717, 1.165) is 5.75 Å². The number of carbonyl (C=O) groups is 1. The number of pyridine rings is 1. The van der Waals surface area contributed by atoms with Crippen molar-refractivity contribution < 1.29 is 19.0 Å². The van der Waals surface area contributed by atoms with E-state index in [9.17, 15) is 4.79 Å². The Morgan fingerprint density at radius 1 is 1.03 bits per heavy atom. The lowest BCUT2D eigenvalue weighted by atomic mass is 9.65. The zero-order valence-electron chi connectivity index (χ0n) is 17.1. The van der Waals surface area contributed by atoms with Gasteiger partial charge in [-0.2, -0.15) is 0 Å². The molecule has 0 amide bonds. The average molecular weight is 438 g/mol. The first-order valence-electron chi connectivity index (χ1n) is 9.16. The van der Waals surface area contributed by atoms with Gasteiger partial charge in [-0.05, 0) is 48.2 Å². The number of ether oxygens (including phenoxy) is 3. The highest BCUT2D eigenvalue weighted by molar-refractivity contribution is 6.55. The number of esters is 1. The summed E-state index contributed by atoms with van der Waals surface area (Å²) in [6, 6.07) is 12.4. The number of halogens is 2. The molecule has 0 radical (unpaired) electrons. The fraction of sp³-hybridized carbons (Fsp3) is 0.364. The molecule has 0 spiro atoms. The SMILES string of the molecule is COC(=O)C(c1cccc(Oc2ccc(OC)cc2)n1)(C(C)C)C(C)C=C(Cl)Cl. The molecule has 0 aliphatic heterocycles. The molecule has 0 saturated heterocycles. The van der Waals surface area contributed by atoms with Crippen LogP contribution >= 0.6 is 23.2 Å². The third-order valence-corrected chi connectivity index (χ3v) is 5.21. The van der Waals surface area contributed by atoms with Crippen molar-refractivity contribution in [2.75, 3.05) is 14.2 Å². The van der Waals surface area contributed by atoms with E-state index < -0.39 is 11.4 Å². The Morgan fingerprint density at radius 2 is 1.66 bits per heavy atom. The van der Waals surface area contributed by atoms with Crippen LogP contribution in [0.3, 0.4) is 0 Å². The Morgan fingerprint density at radius 3 is 2.17 bits per heavy atom. The number of hydrogen-bond donors (Lipinski definition) is 0. The predicted molar refractivity (Wildman–Crippen MR) is 115 cm³/mol. The topological polar surface area (TPSA) is 57.7 Å². The summed E-state index contributed by atoms with van der Waals surface area (Å²) in [5, 5.41) is 0. The van der Waals surface area contributed by atoms with Crippen LogP contribution < -0.4 is 9.47 Å². The minimum absolute atomic E-state index is 0.0806. The van der Waals surface area contributed by atoms with Crippen LogP contribution in [-0.2, 0) is 14.9 Å². The molecule has 0 aliphatic rings. The Balaban J connectivity index is 2.52. The minimum Gasteiger partial charge on any atom is -0.497 e. The number of carbonyl (C=O) groups excluding carboxylic acids is 1. The van der Waals surface area contributed by atoms with Crippen molar-refractivity contribution in [1.82, 2.24) is 4.98 Å². The third kappa shape index (κ3) is 5.03. The molecule has 0 fully saturated rings. The summed E-state index contributed by atoms with van der Waals surface area (Å²) in [6.07, 6.45) is 1.62. The molecule has 0 saturated carbocycles. The molecule has 2 aromatic rings. The smallest absolute Gasteiger partial charge is 0.318 e. The van der Waals surface area contributed by atoms with Gasteiger partial charge in [0.15, 0.2) is 0 Å². The van der Waals surface area contributed by atoms with Gasteiger partial charge in [0.2, 0.25) is 5.88 Å². The van der Waals surface area contributed by atoms with Gasteiger partial charge >= 0.3 is 5.97 Å². The summed E-state index contributed by atoms with van der Waals surface area (Å²) in [7, 11) is 2.96. The van der Waals surface area contributed by atoms with Crippen LogP contribution in [0.1, 0.15) is 26.5 Å². The number of aromatic nitrogens is 1. The number of rotatable bonds is 8. The van der Waals surface area contributed by atoms with E-state index >= 15 is 0 Å². The molecule has 156 valence electrons. The molecule has 5 nitrogen and oxygen atoms in total. The van der Waals surface area contributed by atoms with Crippen molar-refractivity contribution in [2.45, 2.75) is 26.2 Å². The van der Waals surface area contributed by atoms with E-state index in [4.69, 9.17) is 37.4 Å². The van der Waals surface area contributed by atoms with E-state index in [1.165, 1.54) is 7.11 Å². The Hall–Kier alpha value is -2.24. The largest absolute Gasteiger partial charge is 0.497 e. The van der Waals surface area contributed by atoms with Crippen molar-refractivity contribution in [3.8, 4) is 17.4 Å². The molecule has 2 atom stereocenters. The lowest BCUT2D eigenvalue weighted by Gasteiger charge is -2.38. The number of methoxy groups -OCH3 is 2. The molecule has 1 aromatic carbocycles. The second-order valence-electron chi connectivity index (χ2n) is 6.90. The van der Waals surface area contributed by atoms with Crippen LogP contribution in [0, 0.1) is 11.8 Å². The average Bonchev–Trinajstić information content (AvgIpc) is 2.68. The molecule has 1 heterocycles. The fourth-order valence-electron chi connectivity index (χ4n) is 3.54. The number of hydrogen-bond acceptors (Lipinski definition) is 5. The van der Waals surface area contributed by atoms with Gasteiger partial charge in [0.25, 0.3) is 0 Å². The van der Waals surface area contributed by atoms with E-state index in [0.29, 0.717) is 17.3 Å². The quantitative estimate of drug-likeness (QED) is 0.480. The normalized spacial score (nSPS) is 13.9. The third-order valence-electron chi connectivity index (χ3n) is 4.96. The summed E-state index contributed by atoms with van der Waals surface area (Å²) in [5.41, 5.74) is -0.577. The number of allylic oxidation sites excluding steroid dienone is 1. The highest BCUT2D eigenvalue weighted by Crippen LogP contribution is 2.42. The first kappa shape index (κ1) is 23.0. The van der Waals surface area contributed by atoms with Crippen molar-refractivity contribution in [3.63, 3.8) is 0 Å². The van der Waals surface area contributed by atoms with E-state index in [1.54, 1.807) is 55.7 Å². The zero-order valence-corrected chi connectivity index (χ0v) is 18.6. The summed E-state index contributed by atoms with van der Waals surface area (Å²) in [5.74, 6) is 0.735. The van der Waals surface area contributed by atoms with Gasteiger partial charge in [-0.25, -0.2) is 4.98 Å². The van der Waals surface area contributed by atoms with Crippen LogP contribution in [-0.4, -0.2) is 25.2 Å². The highest BCUT2D eigenvalue weighted by atomic mass is 35.5. The summed E-state index contributed by atoms with van der Waals surface area (Å²) < 4.78 is 16.3. The van der Waals surface area contributed by atoms with Gasteiger partial charge in [-0.1, -0.05) is 50.0 Å². The Bertz CT molecular complexity index is 863. The zero-order chi connectivity index (χ0) is 21.6. The summed E-state index contributed by atoms with van der Waals surface area (Å²) >= 11 is 11.8. The van der Waals surface area contributed by atoms with E-state index in [-0.39, 0.29) is 16.3 Å². The fourth-order valence-corrected chi connectivity index (χ4v) is 3.91. The van der Waals surface area contributed by atoms with Gasteiger partial charge in [0.1, 0.15) is 21.4 Å². The van der Waals surface area contributed by atoms with E-state index in [1.807, 2.05) is 20.8 Å². The van der Waals surface area contributed by atoms with Crippen molar-refractivity contribution in [2.24, 2.45) is 11.8 Å². The lowest BCUT2D eigenvalue weighted by Crippen LogP contribution is -2.47. The molecule has 29 heavy (non-hydrogen) atoms. The number of nitrogens with zero attached hydrogens (tertiary/aromatic N) is 1. The maximum Gasteiger partial charge on any atom is 0.318 e. The number of benzene rings is 1. The van der Waals surface area contributed by atoms with Gasteiger partial charge in [0.05, 0.1) is 19.9 Å². The maximum atomic E-state index is 13.0. The molecule has 2 rings (SSSR count). The van der Waals surface area contributed by atoms with Crippen molar-refractivity contribution in [1.29, 1.82) is 0 Å². The Labute approximate surface area is 181 Å². The molecule has 0 aliphatic carbocycles. The molecule has 7 heteroatoms. The van der Waals surface area contributed by atoms with Gasteiger partial charge in [-0.15, -0.1) is 0 Å². The van der Waals surface area contributed by atoms with Crippen LogP contribution in [0.4, 0.5) is 0 Å². The van der Waals surface area contributed by atoms with Crippen LogP contribution in [0.25, 0.3) is 0 Å². The van der Waals surface area contributed by atoms with Crippen molar-refractivity contribution >= 4 is 29.2 Å². The van der Waals surface area contributed by atoms with Crippen LogP contribution in [0.5, 0.6) is 17.4 Å². The van der Waals surface area contributed by atoms with Gasteiger partial charge in [0, 0.05) is 6.07 Å². The molecular formula is C22H25Cl2NO4. The second kappa shape index (κ2) is 9.99. The first-order chi connectivity index (χ1) is 13.7. The minimum atomic E-state index is -1.09. The van der Waals surface area contributed by atoms with E-state index in [2.05, 4.69) is 4.98 Å². The predicted octanol–water partition coefficient (Wildman–Crippen LogP) is 5.90. The first-order valence-corrected chi connectivity index (χ1v) is 9.92. The summed E-state index contributed by atoms with van der Waals surface area (Å²) in [6.45, 7) is 5.73. The standard InChI is InChI=1S/C22H25Cl2NO4/c1-14(2)22(21(26)28-5,15(3)13-19(23)24)18-7-6-8-20(25-18)29-17-11-9-16(27-4)10-12-17/h6-15H,1-5H3. The molecule has 1 aromatic heterocycles. The van der Waals surface area contributed by atoms with Gasteiger partial charge < -0.3 is 14.2 Å². The monoisotopic (exact) mass is 437 g/mol. The molecule has 0 N–H and O–H groups in total. The van der Waals surface area contributed by atoms with Crippen molar-refractivity contribution in [3.05, 3.63) is 58.7 Å². The van der Waals surface area contributed by atoms with Crippen LogP contribution in [0.2, 0.25) is 0 Å². The second-order valence-corrected chi connectivity index (χ2v) is 7.91. The van der Waals surface area contributed by atoms with Gasteiger partial charge in [-0.3, -0.25) is 4.79 Å². The lowest BCUT2D eigenvalue weighted by molar-refractivity contribution is -0.151. The van der Waals surface area contributed by atoms with Crippen LogP contribution in [0.15, 0.2) is 53.0 Å². The molecular weight excluding hydrogens is 413 g/mol. The maximum absolute atomic E-state index is 13.0. The molecule has 0 bridgehead atoms. The highest BCUT2D eigenvalue weighted by Gasteiger charge is 2.49. The molecule has 2 unspecified atom stereocenters. The Kier molecular flexibility index (Phi) is 7.94.